The van der Waals surface area contributed by atoms with Crippen molar-refractivity contribution in [3.63, 3.8) is 0 Å². The molecular formula is C51H90O6. The summed E-state index contributed by atoms with van der Waals surface area (Å²) in [6.07, 6.45) is 53.9. The van der Waals surface area contributed by atoms with E-state index in [1.165, 1.54) is 109 Å². The molecule has 0 aromatic carbocycles. The van der Waals surface area contributed by atoms with Crippen molar-refractivity contribution in [3.8, 4) is 0 Å². The molecule has 0 aliphatic heterocycles. The number of hydrogen-bond donors (Lipinski definition) is 0. The van der Waals surface area contributed by atoms with Gasteiger partial charge in [-0.3, -0.25) is 14.4 Å². The Labute approximate surface area is 352 Å². The Morgan fingerprint density at radius 3 is 1.19 bits per heavy atom. The lowest BCUT2D eigenvalue weighted by Crippen LogP contribution is -2.30. The van der Waals surface area contributed by atoms with Gasteiger partial charge in [0.1, 0.15) is 13.2 Å². The summed E-state index contributed by atoms with van der Waals surface area (Å²) in [6.45, 7) is 6.46. The number of esters is 3. The Bertz CT molecular complexity index is 1010. The average Bonchev–Trinajstić information content (AvgIpc) is 3.21. The quantitative estimate of drug-likeness (QED) is 0.0201. The fourth-order valence-corrected chi connectivity index (χ4v) is 6.71. The van der Waals surface area contributed by atoms with Gasteiger partial charge in [0.2, 0.25) is 0 Å². The lowest BCUT2D eigenvalue weighted by atomic mass is 10.0. The first-order chi connectivity index (χ1) is 28.0. The molecule has 0 bridgehead atoms. The van der Waals surface area contributed by atoms with Gasteiger partial charge in [-0.05, 0) is 70.6 Å². The summed E-state index contributed by atoms with van der Waals surface area (Å²) in [5.74, 6) is -0.939. The van der Waals surface area contributed by atoms with Crippen LogP contribution in [0.25, 0.3) is 0 Å². The highest BCUT2D eigenvalue weighted by atomic mass is 16.6. The van der Waals surface area contributed by atoms with Crippen LogP contribution in [0.3, 0.4) is 0 Å². The van der Waals surface area contributed by atoms with E-state index >= 15 is 0 Å². The minimum absolute atomic E-state index is 0.0899. The van der Waals surface area contributed by atoms with Gasteiger partial charge < -0.3 is 14.2 Å². The number of ether oxygens (including phenoxy) is 3. The molecule has 330 valence electrons. The average molecular weight is 799 g/mol. The van der Waals surface area contributed by atoms with Gasteiger partial charge in [0, 0.05) is 19.3 Å². The molecule has 0 aliphatic carbocycles. The summed E-state index contributed by atoms with van der Waals surface area (Å²) in [5.41, 5.74) is 0. The molecule has 0 N–H and O–H groups in total. The van der Waals surface area contributed by atoms with E-state index in [0.29, 0.717) is 19.3 Å². The minimum Gasteiger partial charge on any atom is -0.462 e. The molecule has 0 saturated carbocycles. The molecule has 1 atom stereocenters. The fourth-order valence-electron chi connectivity index (χ4n) is 6.71. The van der Waals surface area contributed by atoms with Crippen LogP contribution in [0.2, 0.25) is 0 Å². The maximum absolute atomic E-state index is 12.7. The lowest BCUT2D eigenvalue weighted by molar-refractivity contribution is -0.167. The lowest BCUT2D eigenvalue weighted by Gasteiger charge is -2.18. The van der Waals surface area contributed by atoms with Crippen LogP contribution in [-0.4, -0.2) is 37.2 Å². The molecule has 0 radical (unpaired) electrons. The number of carbonyl (C=O) groups is 3. The number of rotatable bonds is 43. The molecule has 0 heterocycles. The van der Waals surface area contributed by atoms with Gasteiger partial charge >= 0.3 is 17.9 Å². The second-order valence-corrected chi connectivity index (χ2v) is 16.0. The Hall–Kier alpha value is -2.63. The van der Waals surface area contributed by atoms with Crippen molar-refractivity contribution < 1.29 is 28.6 Å². The zero-order valence-corrected chi connectivity index (χ0v) is 37.6. The molecule has 0 spiro atoms. The van der Waals surface area contributed by atoms with Crippen molar-refractivity contribution in [3.05, 3.63) is 48.6 Å². The summed E-state index contributed by atoms with van der Waals surface area (Å²) in [7, 11) is 0. The fraction of sp³-hybridized carbons (Fsp3) is 0.784. The normalized spacial score (nSPS) is 12.4. The van der Waals surface area contributed by atoms with Gasteiger partial charge in [-0.2, -0.15) is 0 Å². The van der Waals surface area contributed by atoms with Gasteiger partial charge in [0.15, 0.2) is 6.10 Å². The third-order valence-corrected chi connectivity index (χ3v) is 10.3. The van der Waals surface area contributed by atoms with E-state index in [0.717, 1.165) is 89.9 Å². The minimum atomic E-state index is -0.787. The molecule has 6 heteroatoms. The summed E-state index contributed by atoms with van der Waals surface area (Å²) >= 11 is 0. The van der Waals surface area contributed by atoms with E-state index in [2.05, 4.69) is 69.4 Å². The first-order valence-electron chi connectivity index (χ1n) is 24.2. The Morgan fingerprint density at radius 2 is 0.737 bits per heavy atom. The van der Waals surface area contributed by atoms with Crippen molar-refractivity contribution in [2.75, 3.05) is 13.2 Å². The molecule has 0 rings (SSSR count). The maximum Gasteiger partial charge on any atom is 0.306 e. The SMILES string of the molecule is CC/C=C\C/C=C\CCCCC(=O)OCC(COC(=O)CCCCCCC/C=C\C=C/CCCCCCCCC)OC(=O)CCCCCCCCCCCCCC. The summed E-state index contributed by atoms with van der Waals surface area (Å²) in [4.78, 5) is 37.7. The maximum atomic E-state index is 12.7. The molecule has 6 nitrogen and oxygen atoms in total. The smallest absolute Gasteiger partial charge is 0.306 e. The van der Waals surface area contributed by atoms with Crippen LogP contribution >= 0.6 is 0 Å². The van der Waals surface area contributed by atoms with E-state index < -0.39 is 6.10 Å². The third-order valence-electron chi connectivity index (χ3n) is 10.3. The monoisotopic (exact) mass is 799 g/mol. The van der Waals surface area contributed by atoms with E-state index in [9.17, 15) is 14.4 Å². The molecule has 0 fully saturated rings. The standard InChI is InChI=1S/C51H90O6/c1-4-7-10-13-16-19-21-23-24-25-26-27-28-30-32-35-38-41-44-50(53)56-47-48(46-55-49(52)43-40-37-34-31-18-15-12-9-6-3)57-51(54)45-42-39-36-33-29-22-20-17-14-11-8-5-2/h9,12,18,24-27,31,48H,4-8,10-11,13-17,19-23,28-30,32-47H2,1-3H3/b12-9-,25-24-,27-26-,31-18-. The van der Waals surface area contributed by atoms with Crippen LogP contribution in [0.5, 0.6) is 0 Å². The first kappa shape index (κ1) is 54.4. The first-order valence-corrected chi connectivity index (χ1v) is 24.2. The zero-order valence-electron chi connectivity index (χ0n) is 37.6. The van der Waals surface area contributed by atoms with E-state index in [-0.39, 0.29) is 31.1 Å². The molecule has 0 aliphatic rings. The molecular weight excluding hydrogens is 709 g/mol. The highest BCUT2D eigenvalue weighted by Crippen LogP contribution is 2.14. The molecule has 0 aromatic heterocycles. The number of unbranched alkanes of at least 4 members (excludes halogenated alkanes) is 25. The van der Waals surface area contributed by atoms with Crippen LogP contribution in [0.15, 0.2) is 48.6 Å². The summed E-state index contributed by atoms with van der Waals surface area (Å²) in [6, 6.07) is 0. The highest BCUT2D eigenvalue weighted by molar-refractivity contribution is 5.71. The van der Waals surface area contributed by atoms with Crippen LogP contribution in [0, 0.1) is 0 Å². The highest BCUT2D eigenvalue weighted by Gasteiger charge is 2.19. The third kappa shape index (κ3) is 44.3. The number of carbonyl (C=O) groups excluding carboxylic acids is 3. The predicted molar refractivity (Wildman–Crippen MR) is 242 cm³/mol. The largest absolute Gasteiger partial charge is 0.462 e. The molecule has 0 saturated heterocycles. The molecule has 0 aromatic rings. The van der Waals surface area contributed by atoms with Crippen molar-refractivity contribution in [2.45, 2.75) is 245 Å². The van der Waals surface area contributed by atoms with Crippen LogP contribution < -0.4 is 0 Å². The predicted octanol–water partition coefficient (Wildman–Crippen LogP) is 15.5. The van der Waals surface area contributed by atoms with Gasteiger partial charge in [0.25, 0.3) is 0 Å². The Kier molecular flexibility index (Phi) is 43.9. The van der Waals surface area contributed by atoms with Gasteiger partial charge in [0.05, 0.1) is 0 Å². The van der Waals surface area contributed by atoms with Crippen LogP contribution in [0.4, 0.5) is 0 Å². The molecule has 57 heavy (non-hydrogen) atoms. The molecule has 1 unspecified atom stereocenters. The van der Waals surface area contributed by atoms with Crippen LogP contribution in [0.1, 0.15) is 239 Å². The number of hydrogen-bond acceptors (Lipinski definition) is 6. The summed E-state index contributed by atoms with van der Waals surface area (Å²) in [5, 5.41) is 0. The summed E-state index contributed by atoms with van der Waals surface area (Å²) < 4.78 is 16.7. The Balaban J connectivity index is 4.35. The van der Waals surface area contributed by atoms with E-state index in [1.807, 2.05) is 0 Å². The van der Waals surface area contributed by atoms with Gasteiger partial charge in [-0.15, -0.1) is 0 Å². The van der Waals surface area contributed by atoms with Crippen molar-refractivity contribution in [1.82, 2.24) is 0 Å². The zero-order chi connectivity index (χ0) is 41.5. The van der Waals surface area contributed by atoms with Gasteiger partial charge in [-0.25, -0.2) is 0 Å². The molecule has 0 amide bonds. The second-order valence-electron chi connectivity index (χ2n) is 16.0. The van der Waals surface area contributed by atoms with Gasteiger partial charge in [-0.1, -0.05) is 198 Å². The van der Waals surface area contributed by atoms with E-state index in [4.69, 9.17) is 14.2 Å². The van der Waals surface area contributed by atoms with E-state index in [1.54, 1.807) is 0 Å². The number of allylic oxidation sites excluding steroid dienone is 8. The Morgan fingerprint density at radius 1 is 0.386 bits per heavy atom. The van der Waals surface area contributed by atoms with Crippen molar-refractivity contribution in [1.29, 1.82) is 0 Å². The van der Waals surface area contributed by atoms with Crippen LogP contribution in [-0.2, 0) is 28.6 Å². The topological polar surface area (TPSA) is 78.9 Å². The van der Waals surface area contributed by atoms with Crippen molar-refractivity contribution in [2.24, 2.45) is 0 Å². The second kappa shape index (κ2) is 46.1. The van der Waals surface area contributed by atoms with Crippen molar-refractivity contribution >= 4 is 17.9 Å².